The predicted molar refractivity (Wildman–Crippen MR) is 76.9 cm³/mol. The number of carbonyl (C=O) groups excluding carboxylic acids is 1. The van der Waals surface area contributed by atoms with Crippen molar-refractivity contribution in [3.05, 3.63) is 0 Å². The number of hydrogen-bond donors (Lipinski definition) is 2. The lowest BCUT2D eigenvalue weighted by Crippen LogP contribution is -2.63. The average molecular weight is 268 g/mol. The Balaban J connectivity index is 1.90. The van der Waals surface area contributed by atoms with Gasteiger partial charge in [-0.2, -0.15) is 0 Å². The van der Waals surface area contributed by atoms with Gasteiger partial charge in [-0.25, -0.2) is 0 Å². The van der Waals surface area contributed by atoms with Gasteiger partial charge in [-0.1, -0.05) is 6.92 Å². The molecule has 1 unspecified atom stereocenters. The maximum atomic E-state index is 11.9. The number of carbonyl (C=O) groups is 1. The van der Waals surface area contributed by atoms with Crippen LogP contribution in [0.25, 0.3) is 0 Å². The van der Waals surface area contributed by atoms with Crippen LogP contribution in [0.15, 0.2) is 0 Å². The Morgan fingerprint density at radius 1 is 1.26 bits per heavy atom. The normalized spacial score (nSPS) is 25.2. The molecular weight excluding hydrogens is 240 g/mol. The molecule has 1 saturated heterocycles. The molecule has 1 amide bonds. The Morgan fingerprint density at radius 3 is 2.26 bits per heavy atom. The average Bonchev–Trinajstić information content (AvgIpc) is 3.22. The molecule has 0 radical (unpaired) electrons. The highest BCUT2D eigenvalue weighted by Gasteiger charge is 2.49. The van der Waals surface area contributed by atoms with Gasteiger partial charge in [0.15, 0.2) is 0 Å². The van der Waals surface area contributed by atoms with Crippen LogP contribution in [0.1, 0.15) is 26.2 Å². The minimum atomic E-state index is -0.507. The molecule has 0 aromatic carbocycles. The third-order valence-electron chi connectivity index (χ3n) is 4.64. The summed E-state index contributed by atoms with van der Waals surface area (Å²) in [5.41, 5.74) is 5.17. The van der Waals surface area contributed by atoms with Gasteiger partial charge in [0, 0.05) is 32.7 Å². The van der Waals surface area contributed by atoms with Crippen molar-refractivity contribution in [2.75, 3.05) is 46.3 Å². The predicted octanol–water partition coefficient (Wildman–Crippen LogP) is -0.132. The summed E-state index contributed by atoms with van der Waals surface area (Å²) in [6.45, 7) is 8.48. The molecule has 110 valence electrons. The summed E-state index contributed by atoms with van der Waals surface area (Å²) >= 11 is 0. The van der Waals surface area contributed by atoms with Crippen LogP contribution in [-0.2, 0) is 4.79 Å². The number of nitrogens with two attached hydrogens (primary N) is 1. The highest BCUT2D eigenvalue weighted by atomic mass is 16.1. The number of nitrogens with one attached hydrogen (secondary N) is 1. The molecular formula is C14H28N4O. The molecule has 2 aliphatic rings. The Labute approximate surface area is 116 Å². The number of rotatable bonds is 7. The number of piperazine rings is 1. The molecule has 0 aromatic heterocycles. The summed E-state index contributed by atoms with van der Waals surface area (Å²) in [4.78, 5) is 16.8. The van der Waals surface area contributed by atoms with Crippen molar-refractivity contribution in [1.82, 2.24) is 15.1 Å². The molecule has 2 fully saturated rings. The van der Waals surface area contributed by atoms with E-state index in [4.69, 9.17) is 5.73 Å². The Bertz CT molecular complexity index is 311. The first kappa shape index (κ1) is 14.8. The van der Waals surface area contributed by atoms with Gasteiger partial charge in [-0.3, -0.25) is 9.69 Å². The summed E-state index contributed by atoms with van der Waals surface area (Å²) in [5, 5.41) is 3.23. The van der Waals surface area contributed by atoms with Crippen LogP contribution in [-0.4, -0.2) is 67.6 Å². The van der Waals surface area contributed by atoms with Crippen molar-refractivity contribution >= 4 is 5.91 Å². The van der Waals surface area contributed by atoms with E-state index in [9.17, 15) is 4.79 Å². The summed E-state index contributed by atoms with van der Waals surface area (Å²) < 4.78 is 0. The Hall–Kier alpha value is -0.650. The summed E-state index contributed by atoms with van der Waals surface area (Å²) in [6.07, 6.45) is 3.46. The Morgan fingerprint density at radius 2 is 1.84 bits per heavy atom. The zero-order chi connectivity index (χ0) is 13.9. The van der Waals surface area contributed by atoms with Crippen molar-refractivity contribution in [3.8, 4) is 0 Å². The second kappa shape index (κ2) is 6.20. The molecule has 2 rings (SSSR count). The quantitative estimate of drug-likeness (QED) is 0.675. The molecule has 1 saturated carbocycles. The largest absolute Gasteiger partial charge is 0.368 e. The van der Waals surface area contributed by atoms with E-state index in [-0.39, 0.29) is 5.91 Å². The number of hydrogen-bond acceptors (Lipinski definition) is 4. The summed E-state index contributed by atoms with van der Waals surface area (Å²) in [7, 11) is 1.87. The zero-order valence-electron chi connectivity index (χ0n) is 12.3. The Kier molecular flexibility index (Phi) is 4.81. The maximum absolute atomic E-state index is 11.9. The second-order valence-corrected chi connectivity index (χ2v) is 5.98. The molecule has 5 nitrogen and oxygen atoms in total. The van der Waals surface area contributed by atoms with E-state index < -0.39 is 5.54 Å². The minimum Gasteiger partial charge on any atom is -0.368 e. The highest BCUT2D eigenvalue weighted by molar-refractivity contribution is 5.86. The van der Waals surface area contributed by atoms with Crippen LogP contribution in [0, 0.1) is 5.92 Å². The first-order chi connectivity index (χ1) is 9.12. The van der Waals surface area contributed by atoms with Crippen molar-refractivity contribution in [3.63, 3.8) is 0 Å². The molecule has 0 spiro atoms. The number of amides is 1. The fraction of sp³-hybridized carbons (Fsp3) is 0.929. The maximum Gasteiger partial charge on any atom is 0.239 e. The zero-order valence-corrected chi connectivity index (χ0v) is 12.3. The molecule has 3 N–H and O–H groups in total. The fourth-order valence-corrected chi connectivity index (χ4v) is 3.23. The fourth-order valence-electron chi connectivity index (χ4n) is 3.23. The van der Waals surface area contributed by atoms with Gasteiger partial charge >= 0.3 is 0 Å². The lowest BCUT2D eigenvalue weighted by Gasteiger charge is -2.40. The van der Waals surface area contributed by atoms with Crippen molar-refractivity contribution in [2.24, 2.45) is 11.7 Å². The molecule has 1 aliphatic heterocycles. The lowest BCUT2D eigenvalue weighted by molar-refractivity contribution is -0.126. The van der Waals surface area contributed by atoms with Gasteiger partial charge in [0.05, 0.1) is 0 Å². The van der Waals surface area contributed by atoms with Crippen molar-refractivity contribution < 1.29 is 4.79 Å². The third-order valence-corrected chi connectivity index (χ3v) is 4.64. The molecule has 19 heavy (non-hydrogen) atoms. The number of primary amides is 1. The van der Waals surface area contributed by atoms with Crippen LogP contribution >= 0.6 is 0 Å². The SMILES string of the molecule is CCCN1CCN(CC(NC)(C(N)=O)C2CC2)CC1. The number of nitrogens with zero attached hydrogens (tertiary/aromatic N) is 2. The topological polar surface area (TPSA) is 61.6 Å². The van der Waals surface area contributed by atoms with Crippen LogP contribution in [0.2, 0.25) is 0 Å². The van der Waals surface area contributed by atoms with E-state index in [1.54, 1.807) is 0 Å². The van der Waals surface area contributed by atoms with E-state index in [2.05, 4.69) is 22.0 Å². The van der Waals surface area contributed by atoms with Gasteiger partial charge in [0.1, 0.15) is 5.54 Å². The van der Waals surface area contributed by atoms with E-state index >= 15 is 0 Å². The van der Waals surface area contributed by atoms with Gasteiger partial charge in [-0.05, 0) is 38.8 Å². The van der Waals surface area contributed by atoms with Gasteiger partial charge in [0.2, 0.25) is 5.91 Å². The van der Waals surface area contributed by atoms with E-state index in [0.29, 0.717) is 5.92 Å². The summed E-state index contributed by atoms with van der Waals surface area (Å²) in [6, 6.07) is 0. The molecule has 5 heteroatoms. The highest BCUT2D eigenvalue weighted by Crippen LogP contribution is 2.40. The minimum absolute atomic E-state index is 0.187. The van der Waals surface area contributed by atoms with E-state index in [1.807, 2.05) is 7.05 Å². The monoisotopic (exact) mass is 268 g/mol. The lowest BCUT2D eigenvalue weighted by atomic mass is 9.91. The van der Waals surface area contributed by atoms with E-state index in [1.165, 1.54) is 13.0 Å². The van der Waals surface area contributed by atoms with Crippen LogP contribution in [0.4, 0.5) is 0 Å². The second-order valence-electron chi connectivity index (χ2n) is 5.98. The molecule has 1 heterocycles. The van der Waals surface area contributed by atoms with E-state index in [0.717, 1.165) is 45.6 Å². The molecule has 0 aromatic rings. The summed E-state index contributed by atoms with van der Waals surface area (Å²) in [5.74, 6) is 0.247. The first-order valence-electron chi connectivity index (χ1n) is 7.56. The smallest absolute Gasteiger partial charge is 0.239 e. The van der Waals surface area contributed by atoms with Gasteiger partial charge in [0.25, 0.3) is 0 Å². The molecule has 0 bridgehead atoms. The van der Waals surface area contributed by atoms with Crippen molar-refractivity contribution in [2.45, 2.75) is 31.7 Å². The molecule has 1 atom stereocenters. The molecule has 1 aliphatic carbocycles. The third kappa shape index (κ3) is 3.27. The van der Waals surface area contributed by atoms with Crippen LogP contribution in [0.3, 0.4) is 0 Å². The number of likely N-dealkylation sites (N-methyl/N-ethyl adjacent to an activating group) is 1. The van der Waals surface area contributed by atoms with Crippen LogP contribution in [0.5, 0.6) is 0 Å². The van der Waals surface area contributed by atoms with Crippen molar-refractivity contribution in [1.29, 1.82) is 0 Å². The van der Waals surface area contributed by atoms with Crippen LogP contribution < -0.4 is 11.1 Å². The standard InChI is InChI=1S/C14H28N4O/c1-3-6-17-7-9-18(10-8-17)11-14(16-2,13(15)19)12-4-5-12/h12,16H,3-11H2,1-2H3,(H2,15,19). The van der Waals surface area contributed by atoms with Gasteiger partial charge in [-0.15, -0.1) is 0 Å². The first-order valence-corrected chi connectivity index (χ1v) is 7.56. The van der Waals surface area contributed by atoms with Gasteiger partial charge < -0.3 is 16.0 Å².